The summed E-state index contributed by atoms with van der Waals surface area (Å²) in [5.41, 5.74) is 0. The highest BCUT2D eigenvalue weighted by molar-refractivity contribution is 7.87. The highest BCUT2D eigenvalue weighted by Gasteiger charge is 1.91. The van der Waals surface area contributed by atoms with E-state index >= 15 is 0 Å². The van der Waals surface area contributed by atoms with Crippen molar-refractivity contribution in [2.24, 2.45) is 0 Å². The summed E-state index contributed by atoms with van der Waals surface area (Å²) in [6.07, 6.45) is 2.65. The van der Waals surface area contributed by atoms with Crippen LogP contribution in [0.25, 0.3) is 0 Å². The van der Waals surface area contributed by atoms with Crippen LogP contribution >= 0.6 is 0 Å². The second-order valence-electron chi connectivity index (χ2n) is 1.82. The second-order valence-corrected chi connectivity index (χ2v) is 3.09. The molecule has 11 heavy (non-hydrogen) atoms. The van der Waals surface area contributed by atoms with Gasteiger partial charge in [0.25, 0.3) is 0 Å². The number of hydrogen-bond donors (Lipinski definition) is 2. The smallest absolute Gasteiger partial charge is 0.244 e. The minimum Gasteiger partial charge on any atom is -0.395 e. The molecule has 0 heterocycles. The van der Waals surface area contributed by atoms with Crippen LogP contribution in [0.4, 0.5) is 0 Å². The maximum absolute atomic E-state index is 10.7. The van der Waals surface area contributed by atoms with Crippen LogP contribution in [0.3, 0.4) is 0 Å². The molecular weight excluding hydrogens is 166 g/mol. The van der Waals surface area contributed by atoms with Crippen LogP contribution < -0.4 is 5.32 Å². The first-order valence-corrected chi connectivity index (χ1v) is 4.68. The van der Waals surface area contributed by atoms with Gasteiger partial charge in [-0.25, -0.2) is 0 Å². The van der Waals surface area contributed by atoms with Crippen molar-refractivity contribution in [3.63, 3.8) is 0 Å². The van der Waals surface area contributed by atoms with Crippen molar-refractivity contribution in [3.8, 4) is 0 Å². The molecule has 0 aromatic heterocycles. The molecule has 0 bridgehead atoms. The number of carbonyl (C=O) groups excluding carboxylic acids is 1. The first-order valence-electron chi connectivity index (χ1n) is 3.06. The molecule has 0 rings (SSSR count). The molecule has 0 saturated heterocycles. The van der Waals surface area contributed by atoms with Gasteiger partial charge in [0.15, 0.2) is 0 Å². The van der Waals surface area contributed by atoms with Crippen LogP contribution in [0.1, 0.15) is 0 Å². The summed E-state index contributed by atoms with van der Waals surface area (Å²) in [4.78, 5) is 10.7. The normalized spacial score (nSPS) is 13.3. The van der Waals surface area contributed by atoms with E-state index in [1.807, 2.05) is 0 Å². The van der Waals surface area contributed by atoms with Crippen molar-refractivity contribution in [1.29, 1.82) is 0 Å². The fourth-order valence-corrected chi connectivity index (χ4v) is 0.711. The average molecular weight is 177 g/mol. The summed E-state index contributed by atoms with van der Waals surface area (Å²) in [7, 11) is -1.10. The molecule has 1 atom stereocenters. The minimum atomic E-state index is -1.10. The van der Waals surface area contributed by atoms with Crippen molar-refractivity contribution < 1.29 is 14.1 Å². The number of rotatable bonds is 4. The summed E-state index contributed by atoms with van der Waals surface area (Å²) in [5, 5.41) is 12.0. The van der Waals surface area contributed by atoms with Crippen molar-refractivity contribution >= 4 is 16.7 Å². The van der Waals surface area contributed by atoms with E-state index in [9.17, 15) is 9.00 Å². The Morgan fingerprint density at radius 3 is 2.82 bits per heavy atom. The van der Waals surface area contributed by atoms with Gasteiger partial charge in [0, 0.05) is 35.1 Å². The summed E-state index contributed by atoms with van der Waals surface area (Å²) < 4.78 is 10.4. The Morgan fingerprint density at radius 1 is 1.73 bits per heavy atom. The van der Waals surface area contributed by atoms with Crippen molar-refractivity contribution in [2.45, 2.75) is 0 Å². The number of amides is 1. The molecule has 0 fully saturated rings. The highest BCUT2D eigenvalue weighted by Crippen LogP contribution is 1.77. The van der Waals surface area contributed by atoms with Gasteiger partial charge in [-0.15, -0.1) is 0 Å². The van der Waals surface area contributed by atoms with Crippen LogP contribution in [0.15, 0.2) is 11.5 Å². The first kappa shape index (κ1) is 10.3. The zero-order chi connectivity index (χ0) is 8.69. The molecule has 0 aliphatic heterocycles. The van der Waals surface area contributed by atoms with E-state index in [4.69, 9.17) is 5.11 Å². The average Bonchev–Trinajstić information content (AvgIpc) is 1.97. The lowest BCUT2D eigenvalue weighted by Crippen LogP contribution is -2.24. The molecule has 2 N–H and O–H groups in total. The van der Waals surface area contributed by atoms with Gasteiger partial charge >= 0.3 is 0 Å². The van der Waals surface area contributed by atoms with Crippen molar-refractivity contribution in [2.75, 3.05) is 19.4 Å². The molecule has 0 saturated carbocycles. The SMILES string of the molecule is CS(=O)/C=C\C(=O)NCCO. The lowest BCUT2D eigenvalue weighted by Gasteiger charge is -1.95. The Morgan fingerprint density at radius 2 is 2.36 bits per heavy atom. The zero-order valence-electron chi connectivity index (χ0n) is 6.24. The molecule has 0 aromatic rings. The van der Waals surface area contributed by atoms with Crippen LogP contribution in [-0.4, -0.2) is 34.6 Å². The Labute approximate surface area is 67.8 Å². The Balaban J connectivity index is 3.60. The van der Waals surface area contributed by atoms with E-state index in [0.29, 0.717) is 0 Å². The van der Waals surface area contributed by atoms with Crippen LogP contribution in [-0.2, 0) is 15.6 Å². The molecule has 64 valence electrons. The highest BCUT2D eigenvalue weighted by atomic mass is 32.2. The van der Waals surface area contributed by atoms with Gasteiger partial charge in [-0.3, -0.25) is 9.00 Å². The number of aliphatic hydroxyl groups is 1. The van der Waals surface area contributed by atoms with Gasteiger partial charge in [-0.05, 0) is 0 Å². The third-order valence-corrected chi connectivity index (χ3v) is 1.34. The van der Waals surface area contributed by atoms with Gasteiger partial charge in [-0.2, -0.15) is 0 Å². The van der Waals surface area contributed by atoms with E-state index < -0.39 is 10.8 Å². The Kier molecular flexibility index (Phi) is 5.68. The Bertz CT molecular complexity index is 179. The molecule has 5 heteroatoms. The fourth-order valence-electron chi connectivity index (χ4n) is 0.396. The summed E-state index contributed by atoms with van der Waals surface area (Å²) in [6.45, 7) is 0.133. The third kappa shape index (κ3) is 7.21. The molecule has 0 aromatic carbocycles. The fraction of sp³-hybridized carbons (Fsp3) is 0.500. The topological polar surface area (TPSA) is 66.4 Å². The molecule has 0 spiro atoms. The largest absolute Gasteiger partial charge is 0.395 e. The van der Waals surface area contributed by atoms with E-state index in [2.05, 4.69) is 5.32 Å². The lowest BCUT2D eigenvalue weighted by molar-refractivity contribution is -0.116. The van der Waals surface area contributed by atoms with Gasteiger partial charge < -0.3 is 10.4 Å². The van der Waals surface area contributed by atoms with Crippen LogP contribution in [0.2, 0.25) is 0 Å². The lowest BCUT2D eigenvalue weighted by atomic mass is 10.5. The maximum Gasteiger partial charge on any atom is 0.244 e. The van der Waals surface area contributed by atoms with E-state index in [1.165, 1.54) is 17.7 Å². The Hall–Kier alpha value is -0.680. The zero-order valence-corrected chi connectivity index (χ0v) is 7.06. The van der Waals surface area contributed by atoms with Gasteiger partial charge in [0.1, 0.15) is 0 Å². The molecule has 0 aliphatic carbocycles. The van der Waals surface area contributed by atoms with Gasteiger partial charge in [-0.1, -0.05) is 0 Å². The summed E-state index contributed by atoms with van der Waals surface area (Å²) in [5.74, 6) is -0.339. The minimum absolute atomic E-state index is 0.0885. The predicted molar refractivity (Wildman–Crippen MR) is 43.3 cm³/mol. The number of hydrogen-bond acceptors (Lipinski definition) is 3. The number of nitrogens with one attached hydrogen (secondary N) is 1. The predicted octanol–water partition coefficient (Wildman–Crippen LogP) is -1.01. The van der Waals surface area contributed by atoms with Gasteiger partial charge in [0.2, 0.25) is 5.91 Å². The van der Waals surface area contributed by atoms with Crippen LogP contribution in [0, 0.1) is 0 Å². The summed E-state index contributed by atoms with van der Waals surface area (Å²) in [6, 6.07) is 0. The van der Waals surface area contributed by atoms with E-state index in [-0.39, 0.29) is 19.1 Å². The molecule has 0 radical (unpaired) electrons. The molecule has 1 unspecified atom stereocenters. The number of carbonyl (C=O) groups is 1. The van der Waals surface area contributed by atoms with Crippen LogP contribution in [0.5, 0.6) is 0 Å². The first-order chi connectivity index (χ1) is 5.16. The quantitative estimate of drug-likeness (QED) is 0.541. The third-order valence-electron chi connectivity index (χ3n) is 0.822. The van der Waals surface area contributed by atoms with Gasteiger partial charge in [0.05, 0.1) is 6.61 Å². The standard InChI is InChI=1S/C6H11NO3S/c1-11(10)5-2-6(9)7-3-4-8/h2,5,8H,3-4H2,1H3,(H,7,9)/b5-2-. The molecular formula is C6H11NO3S. The molecule has 1 amide bonds. The van der Waals surface area contributed by atoms with Crippen molar-refractivity contribution in [1.82, 2.24) is 5.32 Å². The molecule has 0 aliphatic rings. The molecule has 4 nitrogen and oxygen atoms in total. The van der Waals surface area contributed by atoms with E-state index in [1.54, 1.807) is 0 Å². The maximum atomic E-state index is 10.7. The monoisotopic (exact) mass is 177 g/mol. The summed E-state index contributed by atoms with van der Waals surface area (Å²) >= 11 is 0. The van der Waals surface area contributed by atoms with Crippen molar-refractivity contribution in [3.05, 3.63) is 11.5 Å². The second kappa shape index (κ2) is 6.06. The van der Waals surface area contributed by atoms with E-state index in [0.717, 1.165) is 0 Å². The number of aliphatic hydroxyl groups excluding tert-OH is 1.